The third-order valence-corrected chi connectivity index (χ3v) is 8.09. The lowest BCUT2D eigenvalue weighted by molar-refractivity contribution is -0.870. The zero-order chi connectivity index (χ0) is 31.5. The number of carbonyl (C=O) groups excluding carboxylic acids is 2. The molecule has 0 N–H and O–H groups in total. The number of ether oxygens (including phenoxy) is 2. The number of esters is 2. The van der Waals surface area contributed by atoms with E-state index < -0.39 is 26.5 Å². The van der Waals surface area contributed by atoms with Crippen LogP contribution in [0.3, 0.4) is 0 Å². The second-order valence-electron chi connectivity index (χ2n) is 12.5. The Morgan fingerprint density at radius 3 is 1.57 bits per heavy atom. The number of nitrogens with zero attached hydrogens (tertiary/aromatic N) is 1. The van der Waals surface area contributed by atoms with Crippen LogP contribution >= 0.6 is 7.82 Å². The molecule has 10 heteroatoms. The maximum atomic E-state index is 12.3. The molecule has 0 amide bonds. The van der Waals surface area contributed by atoms with Gasteiger partial charge in [-0.25, -0.2) is 0 Å². The number of unbranched alkanes of at least 4 members (excludes halogenated alkanes) is 16. The summed E-state index contributed by atoms with van der Waals surface area (Å²) in [6.07, 6.45) is 20.8. The third kappa shape index (κ3) is 29.1. The monoisotopic (exact) mass is 621 g/mol. The molecule has 0 rings (SSSR count). The Bertz CT molecular complexity index is 713. The zero-order valence-electron chi connectivity index (χ0n) is 27.7. The molecule has 9 nitrogen and oxygen atoms in total. The Hall–Kier alpha value is -0.990. The van der Waals surface area contributed by atoms with Crippen molar-refractivity contribution >= 4 is 19.8 Å². The molecular formula is C32H64NO8P. The van der Waals surface area contributed by atoms with Gasteiger partial charge in [-0.3, -0.25) is 14.2 Å². The third-order valence-electron chi connectivity index (χ3n) is 7.13. The van der Waals surface area contributed by atoms with Gasteiger partial charge in [0.15, 0.2) is 6.10 Å². The number of hydrogen-bond donors (Lipinski definition) is 0. The van der Waals surface area contributed by atoms with Crippen molar-refractivity contribution < 1.29 is 42.1 Å². The number of quaternary nitrogens is 1. The number of carbonyl (C=O) groups is 2. The van der Waals surface area contributed by atoms with Crippen LogP contribution in [0.4, 0.5) is 0 Å². The van der Waals surface area contributed by atoms with E-state index in [2.05, 4.69) is 6.92 Å². The Morgan fingerprint density at radius 1 is 0.643 bits per heavy atom. The average Bonchev–Trinajstić information content (AvgIpc) is 2.91. The topological polar surface area (TPSA) is 111 Å². The molecule has 42 heavy (non-hydrogen) atoms. The maximum absolute atomic E-state index is 12.3. The molecule has 0 saturated heterocycles. The largest absolute Gasteiger partial charge is 0.756 e. The Balaban J connectivity index is 4.18. The van der Waals surface area contributed by atoms with Gasteiger partial charge in [0.25, 0.3) is 7.82 Å². The second-order valence-corrected chi connectivity index (χ2v) is 14.0. The smallest absolute Gasteiger partial charge is 0.306 e. The fourth-order valence-electron chi connectivity index (χ4n) is 4.42. The second kappa shape index (κ2) is 26.4. The first-order valence-corrected chi connectivity index (χ1v) is 18.2. The molecule has 0 bridgehead atoms. The van der Waals surface area contributed by atoms with E-state index in [4.69, 9.17) is 18.5 Å². The highest BCUT2D eigenvalue weighted by Gasteiger charge is 2.21. The standard InChI is InChI=1S/C32H64NO8P/c1-6-8-10-11-12-13-14-15-16-17-18-19-20-21-23-24-31(34)38-28-30(41-32(35)25-22-9-7-2)29-40-42(36,37)39-27-26-33(3,4)5/h30H,6-29H2,1-5H3/t30-/m1/s1. The van der Waals surface area contributed by atoms with Crippen LogP contribution in [0.1, 0.15) is 142 Å². The normalized spacial score (nSPS) is 14.0. The maximum Gasteiger partial charge on any atom is 0.306 e. The van der Waals surface area contributed by atoms with Gasteiger partial charge in [0.2, 0.25) is 0 Å². The molecule has 0 heterocycles. The SMILES string of the molecule is CCCCCCCCCCCCCCCCCC(=O)OC[C@H](COP(=O)([O-])OCC[N+](C)(C)C)OC(=O)CCCCC. The molecule has 0 aliphatic rings. The molecule has 0 aromatic carbocycles. The molecule has 0 aliphatic carbocycles. The van der Waals surface area contributed by atoms with Crippen LogP contribution in [0.25, 0.3) is 0 Å². The van der Waals surface area contributed by atoms with Crippen LogP contribution in [0.2, 0.25) is 0 Å². The average molecular weight is 622 g/mol. The van der Waals surface area contributed by atoms with Gasteiger partial charge >= 0.3 is 11.9 Å². The minimum Gasteiger partial charge on any atom is -0.756 e. The molecule has 2 atom stereocenters. The van der Waals surface area contributed by atoms with Crippen LogP contribution in [0.15, 0.2) is 0 Å². The van der Waals surface area contributed by atoms with Gasteiger partial charge in [-0.05, 0) is 12.8 Å². The van der Waals surface area contributed by atoms with Crippen LogP contribution < -0.4 is 4.89 Å². The first-order chi connectivity index (χ1) is 20.0. The molecule has 0 aromatic heterocycles. The van der Waals surface area contributed by atoms with Crippen molar-refractivity contribution in [2.75, 3.05) is 47.5 Å². The van der Waals surface area contributed by atoms with Crippen LogP contribution in [-0.4, -0.2) is 70.0 Å². The molecule has 0 aromatic rings. The highest BCUT2D eigenvalue weighted by molar-refractivity contribution is 7.45. The van der Waals surface area contributed by atoms with E-state index >= 15 is 0 Å². The predicted molar refractivity (Wildman–Crippen MR) is 167 cm³/mol. The quantitative estimate of drug-likeness (QED) is 0.0351. The van der Waals surface area contributed by atoms with E-state index in [0.717, 1.165) is 32.1 Å². The summed E-state index contributed by atoms with van der Waals surface area (Å²) in [4.78, 5) is 36.6. The van der Waals surface area contributed by atoms with E-state index in [1.54, 1.807) is 0 Å². The molecular weight excluding hydrogens is 557 g/mol. The van der Waals surface area contributed by atoms with Gasteiger partial charge in [0.1, 0.15) is 19.8 Å². The fraction of sp³-hybridized carbons (Fsp3) is 0.938. The van der Waals surface area contributed by atoms with Crippen molar-refractivity contribution in [2.45, 2.75) is 148 Å². The van der Waals surface area contributed by atoms with Crippen molar-refractivity contribution in [1.82, 2.24) is 0 Å². The predicted octanol–water partition coefficient (Wildman–Crippen LogP) is 7.49. The first kappa shape index (κ1) is 41.0. The zero-order valence-corrected chi connectivity index (χ0v) is 28.6. The van der Waals surface area contributed by atoms with E-state index in [1.165, 1.54) is 77.0 Å². The van der Waals surface area contributed by atoms with E-state index in [1.807, 2.05) is 28.1 Å². The molecule has 1 unspecified atom stereocenters. The van der Waals surface area contributed by atoms with Gasteiger partial charge in [-0.2, -0.15) is 0 Å². The summed E-state index contributed by atoms with van der Waals surface area (Å²) < 4.78 is 33.2. The summed E-state index contributed by atoms with van der Waals surface area (Å²) in [7, 11) is 1.17. The molecule has 0 aliphatic heterocycles. The number of likely N-dealkylation sites (N-methyl/N-ethyl adjacent to an activating group) is 1. The summed E-state index contributed by atoms with van der Waals surface area (Å²) in [5, 5.41) is 0. The van der Waals surface area contributed by atoms with Crippen LogP contribution in [-0.2, 0) is 32.7 Å². The van der Waals surface area contributed by atoms with Gasteiger partial charge in [-0.15, -0.1) is 0 Å². The lowest BCUT2D eigenvalue weighted by Gasteiger charge is -2.28. The van der Waals surface area contributed by atoms with E-state index in [9.17, 15) is 19.0 Å². The first-order valence-electron chi connectivity index (χ1n) is 16.7. The van der Waals surface area contributed by atoms with Crippen molar-refractivity contribution in [1.29, 1.82) is 0 Å². The summed E-state index contributed by atoms with van der Waals surface area (Å²) in [5.41, 5.74) is 0. The minimum absolute atomic E-state index is 0.0278. The summed E-state index contributed by atoms with van der Waals surface area (Å²) in [5.74, 6) is -0.858. The summed E-state index contributed by atoms with van der Waals surface area (Å²) in [6, 6.07) is 0. The van der Waals surface area contributed by atoms with Gasteiger partial charge < -0.3 is 27.9 Å². The van der Waals surface area contributed by atoms with Gasteiger partial charge in [-0.1, -0.05) is 117 Å². The number of phosphoric ester groups is 1. The van der Waals surface area contributed by atoms with Crippen molar-refractivity contribution in [3.05, 3.63) is 0 Å². The van der Waals surface area contributed by atoms with E-state index in [-0.39, 0.29) is 32.0 Å². The number of hydrogen-bond acceptors (Lipinski definition) is 8. The van der Waals surface area contributed by atoms with Crippen molar-refractivity contribution in [3.63, 3.8) is 0 Å². The Kier molecular flexibility index (Phi) is 25.8. The Morgan fingerprint density at radius 2 is 1.07 bits per heavy atom. The fourth-order valence-corrected chi connectivity index (χ4v) is 5.15. The van der Waals surface area contributed by atoms with Gasteiger partial charge in [0, 0.05) is 12.8 Å². The highest BCUT2D eigenvalue weighted by Crippen LogP contribution is 2.38. The minimum atomic E-state index is -4.59. The molecule has 0 fully saturated rings. The molecule has 0 saturated carbocycles. The lowest BCUT2D eigenvalue weighted by atomic mass is 10.0. The molecule has 0 radical (unpaired) electrons. The van der Waals surface area contributed by atoms with Crippen molar-refractivity contribution in [3.8, 4) is 0 Å². The van der Waals surface area contributed by atoms with Gasteiger partial charge in [0.05, 0.1) is 27.7 Å². The number of rotatable bonds is 30. The Labute approximate surface area is 257 Å². The lowest BCUT2D eigenvalue weighted by Crippen LogP contribution is -2.37. The van der Waals surface area contributed by atoms with Crippen LogP contribution in [0, 0.1) is 0 Å². The summed E-state index contributed by atoms with van der Waals surface area (Å²) in [6.45, 7) is 4.02. The van der Waals surface area contributed by atoms with Crippen LogP contribution in [0.5, 0.6) is 0 Å². The molecule has 0 spiro atoms. The van der Waals surface area contributed by atoms with E-state index in [0.29, 0.717) is 17.4 Å². The highest BCUT2D eigenvalue weighted by atomic mass is 31.2. The van der Waals surface area contributed by atoms with Crippen molar-refractivity contribution in [2.24, 2.45) is 0 Å². The number of phosphoric acid groups is 1. The molecule has 250 valence electrons. The summed E-state index contributed by atoms with van der Waals surface area (Å²) >= 11 is 0.